The van der Waals surface area contributed by atoms with Gasteiger partial charge in [-0.3, -0.25) is 0 Å². The number of aromatic nitrogens is 1. The van der Waals surface area contributed by atoms with Gasteiger partial charge in [0.25, 0.3) is 0 Å². The summed E-state index contributed by atoms with van der Waals surface area (Å²) in [5.41, 5.74) is 7.33. The molecule has 0 radical (unpaired) electrons. The van der Waals surface area contributed by atoms with Crippen molar-refractivity contribution in [1.82, 2.24) is 4.98 Å². The van der Waals surface area contributed by atoms with Crippen molar-refractivity contribution in [1.29, 1.82) is 0 Å². The van der Waals surface area contributed by atoms with Crippen LogP contribution >= 0.6 is 15.9 Å². The lowest BCUT2D eigenvalue weighted by Gasteiger charge is -1.95. The summed E-state index contributed by atoms with van der Waals surface area (Å²) >= 11 is 3.42. The third kappa shape index (κ3) is 1.91. The van der Waals surface area contributed by atoms with E-state index in [4.69, 9.17) is 10.2 Å². The minimum Gasteiger partial charge on any atom is -0.456 e. The number of nitrogen functional groups attached to an aromatic ring is 1. The second kappa shape index (κ2) is 3.89. The van der Waals surface area contributed by atoms with Crippen LogP contribution in [0.4, 0.5) is 5.82 Å². The third-order valence-electron chi connectivity index (χ3n) is 2.55. The first-order chi connectivity index (χ1) is 8.22. The Labute approximate surface area is 106 Å². The van der Waals surface area contributed by atoms with Crippen molar-refractivity contribution in [3.63, 3.8) is 0 Å². The van der Waals surface area contributed by atoms with E-state index in [1.165, 1.54) is 0 Å². The highest BCUT2D eigenvalue weighted by molar-refractivity contribution is 9.10. The fraction of sp³-hybridized carbons (Fsp3) is 0. The normalized spacial score (nSPS) is 10.9. The Bertz CT molecular complexity index is 673. The van der Waals surface area contributed by atoms with Crippen LogP contribution in [0, 0.1) is 0 Å². The smallest absolute Gasteiger partial charge is 0.136 e. The highest BCUT2D eigenvalue weighted by Gasteiger charge is 2.06. The second-order valence-corrected chi connectivity index (χ2v) is 4.68. The highest BCUT2D eigenvalue weighted by Crippen LogP contribution is 2.29. The number of pyridine rings is 1. The second-order valence-electron chi connectivity index (χ2n) is 3.76. The third-order valence-corrected chi connectivity index (χ3v) is 3.05. The van der Waals surface area contributed by atoms with Crippen LogP contribution in [-0.2, 0) is 0 Å². The minimum absolute atomic E-state index is 0.507. The van der Waals surface area contributed by atoms with Crippen molar-refractivity contribution >= 4 is 32.7 Å². The molecule has 0 amide bonds. The molecule has 2 aromatic heterocycles. The van der Waals surface area contributed by atoms with Crippen molar-refractivity contribution in [2.75, 3.05) is 5.73 Å². The van der Waals surface area contributed by atoms with Crippen LogP contribution in [0.15, 0.2) is 51.5 Å². The topological polar surface area (TPSA) is 52.0 Å². The molecule has 3 rings (SSSR count). The van der Waals surface area contributed by atoms with Gasteiger partial charge in [-0.25, -0.2) is 4.98 Å². The molecule has 3 nitrogen and oxygen atoms in total. The molecule has 0 aliphatic rings. The van der Waals surface area contributed by atoms with E-state index in [2.05, 4.69) is 20.9 Å². The molecule has 0 aliphatic heterocycles. The number of nitrogens with zero attached hydrogens (tertiary/aromatic N) is 1. The maximum absolute atomic E-state index is 5.76. The van der Waals surface area contributed by atoms with Crippen LogP contribution in [0.5, 0.6) is 0 Å². The van der Waals surface area contributed by atoms with Gasteiger partial charge in [-0.2, -0.15) is 0 Å². The molecule has 4 heteroatoms. The van der Waals surface area contributed by atoms with Gasteiger partial charge in [-0.05, 0) is 36.4 Å². The first-order valence-corrected chi connectivity index (χ1v) is 5.93. The number of anilines is 1. The zero-order valence-electron chi connectivity index (χ0n) is 8.85. The molecule has 0 spiro atoms. The number of halogens is 1. The van der Waals surface area contributed by atoms with E-state index in [-0.39, 0.29) is 0 Å². The maximum atomic E-state index is 5.76. The molecule has 1 aromatic carbocycles. The summed E-state index contributed by atoms with van der Waals surface area (Å²) in [7, 11) is 0. The van der Waals surface area contributed by atoms with E-state index in [0.717, 1.165) is 26.8 Å². The van der Waals surface area contributed by atoms with Crippen LogP contribution in [0.1, 0.15) is 0 Å². The highest BCUT2D eigenvalue weighted by atomic mass is 79.9. The maximum Gasteiger partial charge on any atom is 0.136 e. The quantitative estimate of drug-likeness (QED) is 0.740. The van der Waals surface area contributed by atoms with Crippen molar-refractivity contribution in [3.8, 4) is 11.3 Å². The molecule has 3 aromatic rings. The predicted octanol–water partition coefficient (Wildman–Crippen LogP) is 3.84. The number of hydrogen-bond acceptors (Lipinski definition) is 3. The van der Waals surface area contributed by atoms with E-state index < -0.39 is 0 Å². The molecule has 0 unspecified atom stereocenters. The molecular formula is C13H9BrN2O. The number of benzene rings is 1. The Hall–Kier alpha value is -1.81. The zero-order valence-corrected chi connectivity index (χ0v) is 10.4. The van der Waals surface area contributed by atoms with Gasteiger partial charge in [0.15, 0.2) is 0 Å². The molecular weight excluding hydrogens is 280 g/mol. The standard InChI is InChI=1S/C13H9BrN2O/c14-10-3-1-8-5-11(17-12(8)6-10)9-2-4-13(15)16-7-9/h1-7H,(H2,15,16). The molecule has 17 heavy (non-hydrogen) atoms. The summed E-state index contributed by atoms with van der Waals surface area (Å²) in [6.07, 6.45) is 1.71. The summed E-state index contributed by atoms with van der Waals surface area (Å²) in [6, 6.07) is 11.6. The average Bonchev–Trinajstić information content (AvgIpc) is 2.72. The lowest BCUT2D eigenvalue weighted by Crippen LogP contribution is -1.87. The van der Waals surface area contributed by atoms with Gasteiger partial charge in [-0.1, -0.05) is 15.9 Å². The van der Waals surface area contributed by atoms with Crippen LogP contribution in [0.3, 0.4) is 0 Å². The molecule has 0 saturated heterocycles. The summed E-state index contributed by atoms with van der Waals surface area (Å²) < 4.78 is 6.77. The van der Waals surface area contributed by atoms with Gasteiger partial charge in [0.2, 0.25) is 0 Å². The fourth-order valence-electron chi connectivity index (χ4n) is 1.70. The fourth-order valence-corrected chi connectivity index (χ4v) is 2.04. The Balaban J connectivity index is 2.14. The molecule has 84 valence electrons. The molecule has 2 heterocycles. The van der Waals surface area contributed by atoms with Gasteiger partial charge in [0.1, 0.15) is 17.2 Å². The average molecular weight is 289 g/mol. The zero-order chi connectivity index (χ0) is 11.8. The number of hydrogen-bond donors (Lipinski definition) is 1. The SMILES string of the molecule is Nc1ccc(-c2cc3ccc(Br)cc3o2)cn1. The number of fused-ring (bicyclic) bond motifs is 1. The van der Waals surface area contributed by atoms with Gasteiger partial charge in [0, 0.05) is 21.6 Å². The summed E-state index contributed by atoms with van der Waals surface area (Å²) in [5, 5.41) is 1.07. The van der Waals surface area contributed by atoms with Crippen LogP contribution in [-0.4, -0.2) is 4.98 Å². The van der Waals surface area contributed by atoms with E-state index in [9.17, 15) is 0 Å². The van der Waals surface area contributed by atoms with E-state index in [1.54, 1.807) is 12.3 Å². The monoisotopic (exact) mass is 288 g/mol. The van der Waals surface area contributed by atoms with Gasteiger partial charge >= 0.3 is 0 Å². The Morgan fingerprint density at radius 2 is 2.00 bits per heavy atom. The van der Waals surface area contributed by atoms with E-state index >= 15 is 0 Å². The minimum atomic E-state index is 0.507. The van der Waals surface area contributed by atoms with Crippen molar-refractivity contribution in [2.24, 2.45) is 0 Å². The van der Waals surface area contributed by atoms with Crippen molar-refractivity contribution in [2.45, 2.75) is 0 Å². The lowest BCUT2D eigenvalue weighted by molar-refractivity contribution is 0.631. The number of furan rings is 1. The molecule has 0 saturated carbocycles. The van der Waals surface area contributed by atoms with Crippen LogP contribution < -0.4 is 5.73 Å². The van der Waals surface area contributed by atoms with E-state index in [0.29, 0.717) is 5.82 Å². The van der Waals surface area contributed by atoms with Crippen molar-refractivity contribution < 1.29 is 4.42 Å². The predicted molar refractivity (Wildman–Crippen MR) is 71.6 cm³/mol. The summed E-state index contributed by atoms with van der Waals surface area (Å²) in [6.45, 7) is 0. The number of nitrogens with two attached hydrogens (primary N) is 1. The van der Waals surface area contributed by atoms with Crippen molar-refractivity contribution in [3.05, 3.63) is 47.1 Å². The van der Waals surface area contributed by atoms with Crippen LogP contribution in [0.2, 0.25) is 0 Å². The van der Waals surface area contributed by atoms with Gasteiger partial charge in [0.05, 0.1) is 0 Å². The molecule has 2 N–H and O–H groups in total. The Morgan fingerprint density at radius 3 is 2.76 bits per heavy atom. The summed E-state index contributed by atoms with van der Waals surface area (Å²) in [4.78, 5) is 4.05. The number of rotatable bonds is 1. The molecule has 0 fully saturated rings. The first-order valence-electron chi connectivity index (χ1n) is 5.13. The summed E-state index contributed by atoms with van der Waals surface area (Å²) in [5.74, 6) is 1.30. The van der Waals surface area contributed by atoms with Gasteiger partial charge < -0.3 is 10.2 Å². The molecule has 0 atom stereocenters. The lowest BCUT2D eigenvalue weighted by atomic mass is 10.2. The molecule has 0 aliphatic carbocycles. The first kappa shape index (κ1) is 10.4. The largest absolute Gasteiger partial charge is 0.456 e. The van der Waals surface area contributed by atoms with Gasteiger partial charge in [-0.15, -0.1) is 0 Å². The molecule has 0 bridgehead atoms. The van der Waals surface area contributed by atoms with E-state index in [1.807, 2.05) is 30.3 Å². The Morgan fingerprint density at radius 1 is 1.12 bits per heavy atom. The van der Waals surface area contributed by atoms with Crippen LogP contribution in [0.25, 0.3) is 22.3 Å². The Kier molecular flexibility index (Phi) is 2.37.